The topological polar surface area (TPSA) is 216 Å². The fraction of sp³-hybridized carbons (Fsp3) is 0.773. The SMILES string of the molecule is O=C(O)CCC#CC#CCCCOC1OC(CO)C(O)C(O)C1OC1OC(CO)C(O)C(O)C1O. The third-order valence-electron chi connectivity index (χ3n) is 5.40. The van der Waals surface area contributed by atoms with Crippen LogP contribution in [0.5, 0.6) is 0 Å². The van der Waals surface area contributed by atoms with Crippen LogP contribution < -0.4 is 0 Å². The Bertz CT molecular complexity index is 782. The number of aliphatic hydroxyl groups is 7. The molecule has 13 nitrogen and oxygen atoms in total. The van der Waals surface area contributed by atoms with E-state index in [9.17, 15) is 40.5 Å². The maximum Gasteiger partial charge on any atom is 0.304 e. The van der Waals surface area contributed by atoms with Gasteiger partial charge in [-0.15, -0.1) is 0 Å². The monoisotopic (exact) mass is 504 g/mol. The van der Waals surface area contributed by atoms with E-state index in [1.807, 2.05) is 0 Å². The Morgan fingerprint density at radius 1 is 0.771 bits per heavy atom. The second-order valence-corrected chi connectivity index (χ2v) is 7.98. The molecule has 0 spiro atoms. The van der Waals surface area contributed by atoms with Crippen LogP contribution in [0.25, 0.3) is 0 Å². The van der Waals surface area contributed by atoms with E-state index in [0.29, 0.717) is 12.8 Å². The fourth-order valence-electron chi connectivity index (χ4n) is 3.41. The molecule has 35 heavy (non-hydrogen) atoms. The van der Waals surface area contributed by atoms with Gasteiger partial charge in [-0.3, -0.25) is 4.79 Å². The first-order valence-electron chi connectivity index (χ1n) is 11.1. The van der Waals surface area contributed by atoms with Crippen molar-refractivity contribution in [2.45, 2.75) is 87.1 Å². The van der Waals surface area contributed by atoms with E-state index in [2.05, 4.69) is 23.7 Å². The van der Waals surface area contributed by atoms with Crippen LogP contribution in [0.15, 0.2) is 0 Å². The first kappa shape index (κ1) is 29.4. The van der Waals surface area contributed by atoms with Gasteiger partial charge in [-0.25, -0.2) is 0 Å². The maximum atomic E-state index is 10.5. The minimum absolute atomic E-state index is 0.0568. The lowest BCUT2D eigenvalue weighted by Gasteiger charge is -2.45. The predicted molar refractivity (Wildman–Crippen MR) is 114 cm³/mol. The summed E-state index contributed by atoms with van der Waals surface area (Å²) < 4.78 is 21.9. The molecule has 0 aromatic rings. The summed E-state index contributed by atoms with van der Waals surface area (Å²) >= 11 is 0. The zero-order valence-corrected chi connectivity index (χ0v) is 18.8. The molecule has 2 aliphatic rings. The molecule has 2 fully saturated rings. The molecule has 0 bridgehead atoms. The highest BCUT2D eigenvalue weighted by atomic mass is 16.8. The molecule has 10 unspecified atom stereocenters. The van der Waals surface area contributed by atoms with E-state index >= 15 is 0 Å². The fourth-order valence-corrected chi connectivity index (χ4v) is 3.41. The Balaban J connectivity index is 1.96. The minimum Gasteiger partial charge on any atom is -0.481 e. The zero-order valence-electron chi connectivity index (χ0n) is 18.8. The van der Waals surface area contributed by atoms with Crippen LogP contribution in [0, 0.1) is 23.7 Å². The van der Waals surface area contributed by atoms with Crippen LogP contribution in [0.1, 0.15) is 25.7 Å². The second-order valence-electron chi connectivity index (χ2n) is 7.98. The zero-order chi connectivity index (χ0) is 26.0. The van der Waals surface area contributed by atoms with Gasteiger partial charge in [0.05, 0.1) is 26.2 Å². The number of rotatable bonds is 10. The van der Waals surface area contributed by atoms with Gasteiger partial charge in [-0.1, -0.05) is 11.8 Å². The van der Waals surface area contributed by atoms with Crippen molar-refractivity contribution in [3.05, 3.63) is 0 Å². The van der Waals surface area contributed by atoms with E-state index in [4.69, 9.17) is 24.1 Å². The standard InChI is InChI=1S/C22H32O13/c23-10-12-15(27)17(29)19(31)21(33-12)35-20-18(30)16(28)13(11-24)34-22(20)32-9-7-5-3-1-2-4-6-8-14(25)26/h12-13,15-24,27-31H,5-11H2,(H,25,26). The van der Waals surface area contributed by atoms with E-state index < -0.39 is 80.6 Å². The summed E-state index contributed by atoms with van der Waals surface area (Å²) in [5.74, 6) is 9.56. The normalized spacial score (nSPS) is 37.0. The second kappa shape index (κ2) is 14.6. The van der Waals surface area contributed by atoms with Gasteiger partial charge in [0.15, 0.2) is 12.6 Å². The molecule has 2 heterocycles. The summed E-state index contributed by atoms with van der Waals surface area (Å²) in [5.41, 5.74) is 0. The maximum absolute atomic E-state index is 10.5. The molecule has 0 aliphatic carbocycles. The van der Waals surface area contributed by atoms with Crippen molar-refractivity contribution in [1.29, 1.82) is 0 Å². The van der Waals surface area contributed by atoms with E-state index in [1.54, 1.807) is 0 Å². The summed E-state index contributed by atoms with van der Waals surface area (Å²) in [6.07, 6.45) is -14.2. The van der Waals surface area contributed by atoms with Gasteiger partial charge in [0, 0.05) is 12.8 Å². The minimum atomic E-state index is -1.75. The van der Waals surface area contributed by atoms with Crippen molar-refractivity contribution in [1.82, 2.24) is 0 Å². The number of carboxylic acids is 1. The largest absolute Gasteiger partial charge is 0.481 e. The lowest BCUT2D eigenvalue weighted by atomic mass is 9.97. The summed E-state index contributed by atoms with van der Waals surface area (Å²) in [6, 6.07) is 0. The summed E-state index contributed by atoms with van der Waals surface area (Å²) in [4.78, 5) is 10.4. The molecule has 0 radical (unpaired) electrons. The number of hydrogen-bond donors (Lipinski definition) is 8. The Kier molecular flexibility index (Phi) is 12.3. The van der Waals surface area contributed by atoms with E-state index in [1.165, 1.54) is 0 Å². The molecule has 0 amide bonds. The van der Waals surface area contributed by atoms with Crippen molar-refractivity contribution >= 4 is 5.97 Å². The highest BCUT2D eigenvalue weighted by molar-refractivity contribution is 5.67. The molecule has 13 heteroatoms. The summed E-state index contributed by atoms with van der Waals surface area (Å²) in [5, 5.41) is 78.1. The Morgan fingerprint density at radius 2 is 1.34 bits per heavy atom. The van der Waals surface area contributed by atoms with Crippen molar-refractivity contribution in [2.24, 2.45) is 0 Å². The van der Waals surface area contributed by atoms with Crippen LogP contribution in [-0.2, 0) is 23.7 Å². The van der Waals surface area contributed by atoms with Gasteiger partial charge in [0.1, 0.15) is 48.8 Å². The van der Waals surface area contributed by atoms with E-state index in [-0.39, 0.29) is 19.4 Å². The van der Waals surface area contributed by atoms with Gasteiger partial charge >= 0.3 is 5.97 Å². The van der Waals surface area contributed by atoms with Crippen LogP contribution in [0.2, 0.25) is 0 Å². The van der Waals surface area contributed by atoms with Crippen molar-refractivity contribution in [2.75, 3.05) is 19.8 Å². The number of hydrogen-bond acceptors (Lipinski definition) is 12. The van der Waals surface area contributed by atoms with Gasteiger partial charge in [0.25, 0.3) is 0 Å². The molecule has 2 rings (SSSR count). The smallest absolute Gasteiger partial charge is 0.304 e. The molecule has 0 saturated carbocycles. The van der Waals surface area contributed by atoms with E-state index in [0.717, 1.165) is 0 Å². The van der Waals surface area contributed by atoms with Crippen LogP contribution >= 0.6 is 0 Å². The van der Waals surface area contributed by atoms with Gasteiger partial charge in [-0.2, -0.15) is 0 Å². The lowest BCUT2D eigenvalue weighted by Crippen LogP contribution is -2.64. The molecule has 0 aromatic carbocycles. The highest BCUT2D eigenvalue weighted by Crippen LogP contribution is 2.29. The van der Waals surface area contributed by atoms with Crippen molar-refractivity contribution in [3.8, 4) is 23.7 Å². The number of aliphatic hydroxyl groups excluding tert-OH is 7. The number of aliphatic carboxylic acids is 1. The Hall–Kier alpha value is -1.85. The molecular weight excluding hydrogens is 472 g/mol. The van der Waals surface area contributed by atoms with Crippen molar-refractivity contribution in [3.63, 3.8) is 0 Å². The first-order chi connectivity index (χ1) is 16.7. The molecule has 198 valence electrons. The molecular formula is C22H32O13. The average Bonchev–Trinajstić information content (AvgIpc) is 2.84. The quantitative estimate of drug-likeness (QED) is 0.106. The molecule has 8 N–H and O–H groups in total. The van der Waals surface area contributed by atoms with Crippen LogP contribution in [0.4, 0.5) is 0 Å². The van der Waals surface area contributed by atoms with Gasteiger partial charge in [0.2, 0.25) is 0 Å². The van der Waals surface area contributed by atoms with Gasteiger partial charge in [-0.05, 0) is 18.3 Å². The molecule has 0 aromatic heterocycles. The Morgan fingerprint density at radius 3 is 1.94 bits per heavy atom. The third-order valence-corrected chi connectivity index (χ3v) is 5.40. The molecule has 2 saturated heterocycles. The van der Waals surface area contributed by atoms with Crippen molar-refractivity contribution < 1.29 is 64.6 Å². The number of ether oxygens (including phenoxy) is 4. The number of carbonyl (C=O) groups is 1. The van der Waals surface area contributed by atoms with Crippen LogP contribution in [0.3, 0.4) is 0 Å². The number of unbranched alkanes of at least 4 members (excludes halogenated alkanes) is 1. The summed E-state index contributed by atoms with van der Waals surface area (Å²) in [6.45, 7) is -1.26. The molecule has 10 atom stereocenters. The predicted octanol–water partition coefficient (Wildman–Crippen LogP) is -3.72. The Labute approximate surface area is 201 Å². The average molecular weight is 504 g/mol. The summed E-state index contributed by atoms with van der Waals surface area (Å²) in [7, 11) is 0. The highest BCUT2D eigenvalue weighted by Gasteiger charge is 2.50. The first-order valence-corrected chi connectivity index (χ1v) is 11.1. The third kappa shape index (κ3) is 8.35. The lowest BCUT2D eigenvalue weighted by molar-refractivity contribution is -0.367. The number of carboxylic acid groups (broad SMARTS) is 1. The molecule has 2 aliphatic heterocycles. The van der Waals surface area contributed by atoms with Gasteiger partial charge < -0.3 is 59.8 Å². The van der Waals surface area contributed by atoms with Crippen LogP contribution in [-0.4, -0.2) is 128 Å².